The predicted octanol–water partition coefficient (Wildman–Crippen LogP) is 4.76. The van der Waals surface area contributed by atoms with Crippen molar-refractivity contribution in [1.82, 2.24) is 4.57 Å². The minimum atomic E-state index is -0.439. The molecule has 24 heavy (non-hydrogen) atoms. The maximum Gasteiger partial charge on any atom is 0.357 e. The third-order valence-corrected chi connectivity index (χ3v) is 4.54. The molecule has 0 spiro atoms. The average molecular weight is 363 g/mol. The molecule has 0 aliphatic carbocycles. The van der Waals surface area contributed by atoms with Crippen molar-refractivity contribution < 1.29 is 9.53 Å². The van der Waals surface area contributed by atoms with E-state index in [1.165, 1.54) is 0 Å². The number of nitrogens with zero attached hydrogens (tertiary/aromatic N) is 1. The van der Waals surface area contributed by atoms with Gasteiger partial charge in [0.15, 0.2) is 5.69 Å². The van der Waals surface area contributed by atoms with Crippen LogP contribution in [0.1, 0.15) is 23.0 Å². The van der Waals surface area contributed by atoms with Gasteiger partial charge in [0.05, 0.1) is 27.9 Å². The van der Waals surface area contributed by atoms with Crippen molar-refractivity contribution >= 4 is 45.8 Å². The zero-order valence-electron chi connectivity index (χ0n) is 13.1. The molecule has 6 heteroatoms. The van der Waals surface area contributed by atoms with Gasteiger partial charge in [-0.2, -0.15) is 0 Å². The summed E-state index contributed by atoms with van der Waals surface area (Å²) >= 11 is 12.1. The topological polar surface area (TPSA) is 57.2 Å². The van der Waals surface area contributed by atoms with Crippen LogP contribution >= 0.6 is 23.2 Å². The lowest BCUT2D eigenvalue weighted by Crippen LogP contribution is -2.14. The molecule has 0 saturated carbocycles. The predicted molar refractivity (Wildman–Crippen MR) is 97.9 cm³/mol. The SMILES string of the molecule is CCOC(=O)c1c(N)c2ccccc2n1Cc1ccc(Cl)c(Cl)c1. The van der Waals surface area contributed by atoms with Crippen LogP contribution in [0.15, 0.2) is 42.5 Å². The standard InChI is InChI=1S/C18H16Cl2N2O2/c1-2-24-18(23)17-16(21)12-5-3-4-6-15(12)22(17)10-11-7-8-13(19)14(20)9-11/h3-9H,2,10,21H2,1H3. The number of hydrogen-bond donors (Lipinski definition) is 1. The van der Waals surface area contributed by atoms with Crippen LogP contribution in [-0.2, 0) is 11.3 Å². The third kappa shape index (κ3) is 2.95. The molecule has 0 bridgehead atoms. The van der Waals surface area contributed by atoms with Crippen LogP contribution < -0.4 is 5.73 Å². The van der Waals surface area contributed by atoms with Crippen LogP contribution in [0.5, 0.6) is 0 Å². The van der Waals surface area contributed by atoms with Gasteiger partial charge >= 0.3 is 5.97 Å². The fraction of sp³-hybridized carbons (Fsp3) is 0.167. The molecule has 2 N–H and O–H groups in total. The summed E-state index contributed by atoms with van der Waals surface area (Å²) in [6, 6.07) is 13.0. The number of nitrogens with two attached hydrogens (primary N) is 1. The van der Waals surface area contributed by atoms with Crippen molar-refractivity contribution in [3.05, 3.63) is 63.8 Å². The monoisotopic (exact) mass is 362 g/mol. The first-order chi connectivity index (χ1) is 11.5. The molecule has 0 aliphatic rings. The maximum atomic E-state index is 12.4. The quantitative estimate of drug-likeness (QED) is 0.681. The Bertz CT molecular complexity index is 919. The Morgan fingerprint density at radius 2 is 1.92 bits per heavy atom. The van der Waals surface area contributed by atoms with Crippen molar-refractivity contribution in [1.29, 1.82) is 0 Å². The molecular formula is C18H16Cl2N2O2. The second kappa shape index (κ2) is 6.75. The van der Waals surface area contributed by atoms with E-state index in [2.05, 4.69) is 0 Å². The summed E-state index contributed by atoms with van der Waals surface area (Å²) in [7, 11) is 0. The molecule has 0 saturated heterocycles. The molecule has 2 aromatic carbocycles. The summed E-state index contributed by atoms with van der Waals surface area (Å²) < 4.78 is 7.02. The molecule has 1 aromatic heterocycles. The average Bonchev–Trinajstić information content (AvgIpc) is 2.84. The van der Waals surface area contributed by atoms with Crippen molar-refractivity contribution in [3.63, 3.8) is 0 Å². The number of nitrogen functional groups attached to an aromatic ring is 1. The highest BCUT2D eigenvalue weighted by Crippen LogP contribution is 2.31. The van der Waals surface area contributed by atoms with Crippen LogP contribution in [0.2, 0.25) is 10.0 Å². The first-order valence-corrected chi connectivity index (χ1v) is 8.26. The number of hydrogen-bond acceptors (Lipinski definition) is 3. The summed E-state index contributed by atoms with van der Waals surface area (Å²) in [6.07, 6.45) is 0. The van der Waals surface area contributed by atoms with Crippen LogP contribution in [0.25, 0.3) is 10.9 Å². The number of fused-ring (bicyclic) bond motifs is 1. The molecule has 0 radical (unpaired) electrons. The Kier molecular flexibility index (Phi) is 4.69. The normalized spacial score (nSPS) is 11.0. The van der Waals surface area contributed by atoms with Gasteiger partial charge in [-0.3, -0.25) is 0 Å². The molecule has 1 heterocycles. The van der Waals surface area contributed by atoms with E-state index in [1.807, 2.05) is 34.9 Å². The Labute approximate surface area is 149 Å². The molecule has 3 aromatic rings. The van der Waals surface area contributed by atoms with E-state index in [1.54, 1.807) is 19.1 Å². The smallest absolute Gasteiger partial charge is 0.357 e. The molecule has 124 valence electrons. The number of aromatic nitrogens is 1. The lowest BCUT2D eigenvalue weighted by Gasteiger charge is -2.11. The van der Waals surface area contributed by atoms with Gasteiger partial charge in [0.1, 0.15) is 0 Å². The highest BCUT2D eigenvalue weighted by atomic mass is 35.5. The fourth-order valence-corrected chi connectivity index (χ4v) is 3.06. The molecule has 3 rings (SSSR count). The minimum absolute atomic E-state index is 0.284. The van der Waals surface area contributed by atoms with Crippen molar-refractivity contribution in [2.24, 2.45) is 0 Å². The zero-order valence-corrected chi connectivity index (χ0v) is 14.6. The summed E-state index contributed by atoms with van der Waals surface area (Å²) in [6.45, 7) is 2.48. The van der Waals surface area contributed by atoms with E-state index in [4.69, 9.17) is 33.7 Å². The molecule has 0 aliphatic heterocycles. The first-order valence-electron chi connectivity index (χ1n) is 7.50. The van der Waals surface area contributed by atoms with Gasteiger partial charge in [-0.05, 0) is 30.7 Å². The highest BCUT2D eigenvalue weighted by Gasteiger charge is 2.22. The lowest BCUT2D eigenvalue weighted by molar-refractivity contribution is 0.0516. The Balaban J connectivity index is 2.15. The van der Waals surface area contributed by atoms with E-state index in [0.717, 1.165) is 16.5 Å². The number of ether oxygens (including phenoxy) is 1. The van der Waals surface area contributed by atoms with Gasteiger partial charge in [-0.1, -0.05) is 47.5 Å². The fourth-order valence-electron chi connectivity index (χ4n) is 2.73. The van der Waals surface area contributed by atoms with Crippen LogP contribution in [0, 0.1) is 0 Å². The molecule has 4 nitrogen and oxygen atoms in total. The van der Waals surface area contributed by atoms with Gasteiger partial charge in [-0.15, -0.1) is 0 Å². The van der Waals surface area contributed by atoms with Crippen molar-refractivity contribution in [3.8, 4) is 0 Å². The highest BCUT2D eigenvalue weighted by molar-refractivity contribution is 6.42. The van der Waals surface area contributed by atoms with Crippen molar-refractivity contribution in [2.75, 3.05) is 12.3 Å². The number of halogens is 2. The molecule has 0 amide bonds. The minimum Gasteiger partial charge on any atom is -0.461 e. The summed E-state index contributed by atoms with van der Waals surface area (Å²) in [5, 5.41) is 1.78. The van der Waals surface area contributed by atoms with Gasteiger partial charge in [-0.25, -0.2) is 4.79 Å². The van der Waals surface area contributed by atoms with E-state index in [0.29, 0.717) is 28.0 Å². The van der Waals surface area contributed by atoms with Gasteiger partial charge < -0.3 is 15.0 Å². The van der Waals surface area contributed by atoms with E-state index >= 15 is 0 Å². The number of esters is 1. The summed E-state index contributed by atoms with van der Waals surface area (Å²) in [4.78, 5) is 12.4. The maximum absolute atomic E-state index is 12.4. The van der Waals surface area contributed by atoms with Crippen LogP contribution in [0.4, 0.5) is 5.69 Å². The number of carbonyl (C=O) groups is 1. The Morgan fingerprint density at radius 1 is 1.17 bits per heavy atom. The van der Waals surface area contributed by atoms with Gasteiger partial charge in [0.25, 0.3) is 0 Å². The largest absolute Gasteiger partial charge is 0.461 e. The third-order valence-electron chi connectivity index (χ3n) is 3.80. The van der Waals surface area contributed by atoms with E-state index in [9.17, 15) is 4.79 Å². The summed E-state index contributed by atoms with van der Waals surface area (Å²) in [5.74, 6) is -0.439. The second-order valence-corrected chi connectivity index (χ2v) is 6.15. The Morgan fingerprint density at radius 3 is 2.62 bits per heavy atom. The molecular weight excluding hydrogens is 347 g/mol. The van der Waals surface area contributed by atoms with Gasteiger partial charge in [0, 0.05) is 11.9 Å². The molecule has 0 atom stereocenters. The van der Waals surface area contributed by atoms with Crippen LogP contribution in [0.3, 0.4) is 0 Å². The van der Waals surface area contributed by atoms with Gasteiger partial charge in [0.2, 0.25) is 0 Å². The first kappa shape index (κ1) is 16.7. The lowest BCUT2D eigenvalue weighted by atomic mass is 10.2. The second-order valence-electron chi connectivity index (χ2n) is 5.33. The zero-order chi connectivity index (χ0) is 17.3. The number of carbonyl (C=O) groups excluding carboxylic acids is 1. The summed E-state index contributed by atoms with van der Waals surface area (Å²) in [5.41, 5.74) is 8.76. The number of anilines is 1. The molecule has 0 fully saturated rings. The van der Waals surface area contributed by atoms with Crippen molar-refractivity contribution in [2.45, 2.75) is 13.5 Å². The van der Waals surface area contributed by atoms with Crippen LogP contribution in [-0.4, -0.2) is 17.1 Å². The van der Waals surface area contributed by atoms with E-state index in [-0.39, 0.29) is 6.61 Å². The number of rotatable bonds is 4. The van der Waals surface area contributed by atoms with E-state index < -0.39 is 5.97 Å². The Hall–Kier alpha value is -2.17. The number of benzene rings is 2. The molecule has 0 unspecified atom stereocenters. The number of para-hydroxylation sites is 1.